The van der Waals surface area contributed by atoms with E-state index in [4.69, 9.17) is 4.74 Å². The minimum Gasteiger partial charge on any atom is -0.462 e. The number of hydrogen-bond acceptors (Lipinski definition) is 5. The van der Waals surface area contributed by atoms with Crippen molar-refractivity contribution in [3.05, 3.63) is 64.0 Å². The summed E-state index contributed by atoms with van der Waals surface area (Å²) in [6.45, 7) is 1.96. The minimum absolute atomic E-state index is 0.226. The van der Waals surface area contributed by atoms with E-state index in [-0.39, 0.29) is 18.0 Å². The average molecular weight is 304 g/mol. The van der Waals surface area contributed by atoms with Gasteiger partial charge in [-0.3, -0.25) is 10.1 Å². The van der Waals surface area contributed by atoms with Gasteiger partial charge in [0.25, 0.3) is 5.69 Å². The van der Waals surface area contributed by atoms with E-state index in [1.165, 1.54) is 36.4 Å². The Morgan fingerprint density at radius 3 is 2.55 bits per heavy atom. The van der Waals surface area contributed by atoms with Crippen molar-refractivity contribution in [3.8, 4) is 0 Å². The monoisotopic (exact) mass is 304 g/mol. The van der Waals surface area contributed by atoms with Gasteiger partial charge in [-0.25, -0.2) is 9.18 Å². The quantitative estimate of drug-likeness (QED) is 0.518. The molecule has 0 fully saturated rings. The van der Waals surface area contributed by atoms with Gasteiger partial charge in [0, 0.05) is 11.8 Å². The van der Waals surface area contributed by atoms with Crippen LogP contribution >= 0.6 is 0 Å². The van der Waals surface area contributed by atoms with Gasteiger partial charge < -0.3 is 10.1 Å². The summed E-state index contributed by atoms with van der Waals surface area (Å²) in [4.78, 5) is 21.8. The average Bonchev–Trinajstić information content (AvgIpc) is 2.50. The Bertz CT molecular complexity index is 701. The summed E-state index contributed by atoms with van der Waals surface area (Å²) in [5.74, 6) is -1.20. The summed E-state index contributed by atoms with van der Waals surface area (Å²) in [7, 11) is 0. The molecular weight excluding hydrogens is 291 g/mol. The summed E-state index contributed by atoms with van der Waals surface area (Å²) in [6, 6.07) is 9.62. The highest BCUT2D eigenvalue weighted by atomic mass is 19.1. The third kappa shape index (κ3) is 3.38. The number of nitrogens with zero attached hydrogens (tertiary/aromatic N) is 1. The highest BCUT2D eigenvalue weighted by Crippen LogP contribution is 2.30. The second kappa shape index (κ2) is 6.66. The Labute approximate surface area is 125 Å². The Balaban J connectivity index is 2.25. The molecule has 0 heterocycles. The van der Waals surface area contributed by atoms with Gasteiger partial charge in [-0.2, -0.15) is 0 Å². The van der Waals surface area contributed by atoms with E-state index in [0.717, 1.165) is 6.07 Å². The maximum atomic E-state index is 13.8. The van der Waals surface area contributed by atoms with Crippen LogP contribution in [0.1, 0.15) is 17.3 Å². The Morgan fingerprint density at radius 1 is 1.27 bits per heavy atom. The van der Waals surface area contributed by atoms with Crippen molar-refractivity contribution >= 4 is 23.0 Å². The molecule has 0 saturated heterocycles. The number of nitro benzene ring substituents is 1. The van der Waals surface area contributed by atoms with Gasteiger partial charge in [0.2, 0.25) is 0 Å². The molecule has 0 unspecified atom stereocenters. The second-order valence-corrected chi connectivity index (χ2v) is 4.31. The molecule has 1 N–H and O–H groups in total. The standard InChI is InChI=1S/C15H13FN2O4/c1-2-22-15(19)10-6-8-11(9-7-10)17-14-12(16)4-3-5-13(14)18(20)21/h3-9,17H,2H2,1H3. The van der Waals surface area contributed by atoms with E-state index in [0.29, 0.717) is 11.3 Å². The fraction of sp³-hybridized carbons (Fsp3) is 0.133. The van der Waals surface area contributed by atoms with Crippen LogP contribution in [0.2, 0.25) is 0 Å². The molecule has 2 aromatic rings. The van der Waals surface area contributed by atoms with Crippen LogP contribution in [0, 0.1) is 15.9 Å². The molecule has 0 amide bonds. The van der Waals surface area contributed by atoms with E-state index in [2.05, 4.69) is 5.32 Å². The molecule has 0 aliphatic carbocycles. The highest BCUT2D eigenvalue weighted by Gasteiger charge is 2.18. The number of rotatable bonds is 5. The topological polar surface area (TPSA) is 81.5 Å². The number of carbonyl (C=O) groups is 1. The molecule has 0 radical (unpaired) electrons. The van der Waals surface area contributed by atoms with Gasteiger partial charge in [-0.05, 0) is 37.3 Å². The first kappa shape index (κ1) is 15.4. The van der Waals surface area contributed by atoms with E-state index >= 15 is 0 Å². The summed E-state index contributed by atoms with van der Waals surface area (Å²) in [6.07, 6.45) is 0. The molecule has 0 saturated carbocycles. The number of nitrogens with one attached hydrogen (secondary N) is 1. The molecule has 0 aromatic heterocycles. The zero-order chi connectivity index (χ0) is 16.1. The fourth-order valence-electron chi connectivity index (χ4n) is 1.84. The van der Waals surface area contributed by atoms with Gasteiger partial charge in [0.05, 0.1) is 17.1 Å². The molecule has 6 nitrogen and oxygen atoms in total. The predicted octanol–water partition coefficient (Wildman–Crippen LogP) is 3.65. The SMILES string of the molecule is CCOC(=O)c1ccc(Nc2c(F)cccc2[N+](=O)[O-])cc1. The smallest absolute Gasteiger partial charge is 0.338 e. The fourth-order valence-corrected chi connectivity index (χ4v) is 1.84. The maximum Gasteiger partial charge on any atom is 0.338 e. The Hall–Kier alpha value is -2.96. The predicted molar refractivity (Wildman–Crippen MR) is 78.7 cm³/mol. The van der Waals surface area contributed by atoms with Gasteiger partial charge in [-0.1, -0.05) is 6.07 Å². The van der Waals surface area contributed by atoms with Crippen LogP contribution in [-0.4, -0.2) is 17.5 Å². The van der Waals surface area contributed by atoms with Gasteiger partial charge in [0.1, 0.15) is 0 Å². The number of hydrogen-bond donors (Lipinski definition) is 1. The Morgan fingerprint density at radius 2 is 1.95 bits per heavy atom. The number of carbonyl (C=O) groups excluding carboxylic acids is 1. The van der Waals surface area contributed by atoms with Crippen LogP contribution in [0.5, 0.6) is 0 Å². The lowest BCUT2D eigenvalue weighted by molar-refractivity contribution is -0.384. The molecule has 0 aliphatic rings. The molecule has 114 valence electrons. The number of halogens is 1. The number of ether oxygens (including phenoxy) is 1. The second-order valence-electron chi connectivity index (χ2n) is 4.31. The molecule has 0 aliphatic heterocycles. The highest BCUT2D eigenvalue weighted by molar-refractivity contribution is 5.90. The van der Waals surface area contributed by atoms with Crippen molar-refractivity contribution in [3.63, 3.8) is 0 Å². The number of nitro groups is 1. The van der Waals surface area contributed by atoms with Crippen LogP contribution in [0.25, 0.3) is 0 Å². The van der Waals surface area contributed by atoms with Crippen molar-refractivity contribution < 1.29 is 18.8 Å². The molecule has 2 aromatic carbocycles. The van der Waals surface area contributed by atoms with E-state index < -0.39 is 16.7 Å². The summed E-state index contributed by atoms with van der Waals surface area (Å²) in [5, 5.41) is 13.6. The molecule has 0 spiro atoms. The van der Waals surface area contributed by atoms with Crippen LogP contribution in [0.4, 0.5) is 21.5 Å². The van der Waals surface area contributed by atoms with E-state index in [1.54, 1.807) is 6.92 Å². The molecule has 22 heavy (non-hydrogen) atoms. The summed E-state index contributed by atoms with van der Waals surface area (Å²) in [5.41, 5.74) is 0.169. The third-order valence-corrected chi connectivity index (χ3v) is 2.85. The largest absolute Gasteiger partial charge is 0.462 e. The van der Waals surface area contributed by atoms with Crippen molar-refractivity contribution in [1.29, 1.82) is 0 Å². The first-order valence-electron chi connectivity index (χ1n) is 6.50. The van der Waals surface area contributed by atoms with Crippen LogP contribution in [-0.2, 0) is 4.74 Å². The van der Waals surface area contributed by atoms with Crippen molar-refractivity contribution in [2.45, 2.75) is 6.92 Å². The van der Waals surface area contributed by atoms with Gasteiger partial charge in [-0.15, -0.1) is 0 Å². The van der Waals surface area contributed by atoms with Gasteiger partial charge in [0.15, 0.2) is 11.5 Å². The molecule has 2 rings (SSSR count). The van der Waals surface area contributed by atoms with Crippen molar-refractivity contribution in [2.24, 2.45) is 0 Å². The molecule has 0 atom stereocenters. The zero-order valence-electron chi connectivity index (χ0n) is 11.7. The normalized spacial score (nSPS) is 10.1. The molecular formula is C15H13FN2O4. The minimum atomic E-state index is -0.733. The lowest BCUT2D eigenvalue weighted by Crippen LogP contribution is -2.04. The maximum absolute atomic E-state index is 13.8. The lowest BCUT2D eigenvalue weighted by atomic mass is 10.2. The van der Waals surface area contributed by atoms with Crippen LogP contribution in [0.15, 0.2) is 42.5 Å². The third-order valence-electron chi connectivity index (χ3n) is 2.85. The number of benzene rings is 2. The first-order valence-corrected chi connectivity index (χ1v) is 6.50. The van der Waals surface area contributed by atoms with Gasteiger partial charge >= 0.3 is 5.97 Å². The first-order chi connectivity index (χ1) is 10.5. The lowest BCUT2D eigenvalue weighted by Gasteiger charge is -2.09. The number of para-hydroxylation sites is 1. The molecule has 0 bridgehead atoms. The number of esters is 1. The van der Waals surface area contributed by atoms with Crippen molar-refractivity contribution in [2.75, 3.05) is 11.9 Å². The van der Waals surface area contributed by atoms with Crippen LogP contribution in [0.3, 0.4) is 0 Å². The molecule has 7 heteroatoms. The summed E-state index contributed by atoms with van der Waals surface area (Å²) >= 11 is 0. The van der Waals surface area contributed by atoms with Crippen LogP contribution < -0.4 is 5.32 Å². The zero-order valence-corrected chi connectivity index (χ0v) is 11.7. The van der Waals surface area contributed by atoms with E-state index in [9.17, 15) is 19.3 Å². The summed E-state index contributed by atoms with van der Waals surface area (Å²) < 4.78 is 18.6. The van der Waals surface area contributed by atoms with Crippen molar-refractivity contribution in [1.82, 2.24) is 0 Å². The van der Waals surface area contributed by atoms with E-state index in [1.807, 2.05) is 0 Å². The number of anilines is 2. The Kier molecular flexibility index (Phi) is 4.67.